The minimum absolute atomic E-state index is 0.614. The first-order valence-corrected chi connectivity index (χ1v) is 9.55. The molecule has 132 valence electrons. The van der Waals surface area contributed by atoms with Crippen molar-refractivity contribution in [2.24, 2.45) is 11.7 Å². The van der Waals surface area contributed by atoms with E-state index < -0.39 is 0 Å². The van der Waals surface area contributed by atoms with Crippen LogP contribution in [0.4, 0.5) is 0 Å². The second-order valence-electron chi connectivity index (χ2n) is 7.49. The summed E-state index contributed by atoms with van der Waals surface area (Å²) in [6.07, 6.45) is 5.13. The molecule has 0 spiro atoms. The van der Waals surface area contributed by atoms with E-state index in [1.165, 1.54) is 41.5 Å². The third-order valence-corrected chi connectivity index (χ3v) is 5.43. The summed E-state index contributed by atoms with van der Waals surface area (Å²) >= 11 is 0. The van der Waals surface area contributed by atoms with Gasteiger partial charge in [0.1, 0.15) is 5.75 Å². The van der Waals surface area contributed by atoms with E-state index >= 15 is 0 Å². The Morgan fingerprint density at radius 2 is 1.80 bits per heavy atom. The Hall–Kier alpha value is -1.84. The molecule has 2 aromatic carbocycles. The van der Waals surface area contributed by atoms with Crippen LogP contribution >= 0.6 is 0 Å². The number of ether oxygens (including phenoxy) is 1. The predicted octanol–water partition coefficient (Wildman–Crippen LogP) is 3.88. The van der Waals surface area contributed by atoms with Crippen molar-refractivity contribution in [2.45, 2.75) is 45.3 Å². The minimum Gasteiger partial charge on any atom is -0.494 e. The highest BCUT2D eigenvalue weighted by Gasteiger charge is 2.21. The highest BCUT2D eigenvalue weighted by molar-refractivity contribution is 5.37. The van der Waals surface area contributed by atoms with Gasteiger partial charge < -0.3 is 10.5 Å². The maximum Gasteiger partial charge on any atom is 0.119 e. The standard InChI is InChI=1S/C22H28N2O/c23-14-18-3-5-19(6-4-18)15-24-11-9-20-13-22(8-7-21(20)16-24)25-12-10-17-1-2-17/h3-8,13,17H,1-2,9-12,14-16,23H2. The second-order valence-corrected chi connectivity index (χ2v) is 7.49. The Morgan fingerprint density at radius 1 is 1.00 bits per heavy atom. The van der Waals surface area contributed by atoms with Crippen molar-refractivity contribution < 1.29 is 4.74 Å². The lowest BCUT2D eigenvalue weighted by Gasteiger charge is -2.29. The fraction of sp³-hybridized carbons (Fsp3) is 0.455. The quantitative estimate of drug-likeness (QED) is 0.834. The summed E-state index contributed by atoms with van der Waals surface area (Å²) in [6, 6.07) is 15.3. The summed E-state index contributed by atoms with van der Waals surface area (Å²) in [6.45, 7) is 4.62. The van der Waals surface area contributed by atoms with Gasteiger partial charge in [-0.2, -0.15) is 0 Å². The molecule has 3 heteroatoms. The molecule has 25 heavy (non-hydrogen) atoms. The first kappa shape index (κ1) is 16.6. The lowest BCUT2D eigenvalue weighted by molar-refractivity contribution is 0.244. The van der Waals surface area contributed by atoms with Gasteiger partial charge in [0, 0.05) is 26.2 Å². The molecular formula is C22H28N2O. The maximum absolute atomic E-state index is 5.94. The van der Waals surface area contributed by atoms with Gasteiger partial charge in [-0.05, 0) is 53.1 Å². The zero-order valence-corrected chi connectivity index (χ0v) is 14.9. The molecule has 1 aliphatic heterocycles. The summed E-state index contributed by atoms with van der Waals surface area (Å²) in [5, 5.41) is 0. The normalized spacial score (nSPS) is 17.3. The molecular weight excluding hydrogens is 308 g/mol. The summed E-state index contributed by atoms with van der Waals surface area (Å²) in [4.78, 5) is 2.52. The van der Waals surface area contributed by atoms with E-state index in [9.17, 15) is 0 Å². The van der Waals surface area contributed by atoms with Crippen LogP contribution in [0.3, 0.4) is 0 Å². The van der Waals surface area contributed by atoms with E-state index in [1.807, 2.05) is 0 Å². The second kappa shape index (κ2) is 7.59. The Balaban J connectivity index is 1.33. The van der Waals surface area contributed by atoms with Gasteiger partial charge in [-0.3, -0.25) is 4.90 Å². The first-order valence-electron chi connectivity index (χ1n) is 9.55. The Kier molecular flexibility index (Phi) is 5.04. The van der Waals surface area contributed by atoms with Crippen LogP contribution in [0, 0.1) is 5.92 Å². The zero-order valence-electron chi connectivity index (χ0n) is 14.9. The fourth-order valence-electron chi connectivity index (χ4n) is 3.60. The van der Waals surface area contributed by atoms with Crippen LogP contribution in [0.2, 0.25) is 0 Å². The van der Waals surface area contributed by atoms with Gasteiger partial charge in [0.2, 0.25) is 0 Å². The predicted molar refractivity (Wildman–Crippen MR) is 101 cm³/mol. The average molecular weight is 336 g/mol. The van der Waals surface area contributed by atoms with Crippen LogP contribution < -0.4 is 10.5 Å². The number of rotatable bonds is 7. The third-order valence-electron chi connectivity index (χ3n) is 5.43. The summed E-state index contributed by atoms with van der Waals surface area (Å²) in [5.41, 5.74) is 11.1. The van der Waals surface area contributed by atoms with E-state index in [4.69, 9.17) is 10.5 Å². The molecule has 2 aliphatic rings. The largest absolute Gasteiger partial charge is 0.494 e. The molecule has 2 N–H and O–H groups in total. The molecule has 2 aromatic rings. The van der Waals surface area contributed by atoms with Crippen molar-refractivity contribution in [3.63, 3.8) is 0 Å². The Morgan fingerprint density at radius 3 is 2.56 bits per heavy atom. The van der Waals surface area contributed by atoms with Crippen LogP contribution in [-0.2, 0) is 26.1 Å². The number of hydrogen-bond donors (Lipinski definition) is 1. The van der Waals surface area contributed by atoms with E-state index in [0.29, 0.717) is 6.54 Å². The first-order chi connectivity index (χ1) is 12.3. The van der Waals surface area contributed by atoms with Gasteiger partial charge in [-0.15, -0.1) is 0 Å². The molecule has 0 saturated heterocycles. The van der Waals surface area contributed by atoms with Crippen molar-refractivity contribution >= 4 is 0 Å². The number of nitrogens with two attached hydrogens (primary N) is 1. The van der Waals surface area contributed by atoms with Gasteiger partial charge in [0.15, 0.2) is 0 Å². The lowest BCUT2D eigenvalue weighted by atomic mass is 9.99. The molecule has 1 aliphatic carbocycles. The van der Waals surface area contributed by atoms with Crippen molar-refractivity contribution in [3.8, 4) is 5.75 Å². The van der Waals surface area contributed by atoms with Crippen LogP contribution in [0.5, 0.6) is 5.75 Å². The van der Waals surface area contributed by atoms with Gasteiger partial charge in [0.25, 0.3) is 0 Å². The van der Waals surface area contributed by atoms with Crippen molar-refractivity contribution in [2.75, 3.05) is 13.2 Å². The number of hydrogen-bond acceptors (Lipinski definition) is 3. The van der Waals surface area contributed by atoms with Crippen LogP contribution in [0.25, 0.3) is 0 Å². The van der Waals surface area contributed by atoms with Gasteiger partial charge in [-0.25, -0.2) is 0 Å². The molecule has 0 unspecified atom stereocenters. The monoisotopic (exact) mass is 336 g/mol. The summed E-state index contributed by atoms with van der Waals surface area (Å²) in [5.74, 6) is 1.98. The molecule has 1 saturated carbocycles. The van der Waals surface area contributed by atoms with E-state index in [-0.39, 0.29) is 0 Å². The molecule has 0 amide bonds. The lowest BCUT2D eigenvalue weighted by Crippen LogP contribution is -2.30. The van der Waals surface area contributed by atoms with E-state index in [1.54, 1.807) is 0 Å². The van der Waals surface area contributed by atoms with Crippen LogP contribution in [0.15, 0.2) is 42.5 Å². The molecule has 0 bridgehead atoms. The number of benzene rings is 2. The molecule has 0 radical (unpaired) electrons. The molecule has 3 nitrogen and oxygen atoms in total. The van der Waals surface area contributed by atoms with Crippen LogP contribution in [0.1, 0.15) is 41.5 Å². The molecule has 4 rings (SSSR count). The van der Waals surface area contributed by atoms with Crippen molar-refractivity contribution in [1.29, 1.82) is 0 Å². The average Bonchev–Trinajstić information content (AvgIpc) is 3.47. The van der Waals surface area contributed by atoms with Gasteiger partial charge >= 0.3 is 0 Å². The number of nitrogens with zero attached hydrogens (tertiary/aromatic N) is 1. The minimum atomic E-state index is 0.614. The van der Waals surface area contributed by atoms with E-state index in [0.717, 1.165) is 44.3 Å². The Bertz CT molecular complexity index is 706. The molecule has 0 atom stereocenters. The molecule has 1 fully saturated rings. The smallest absolute Gasteiger partial charge is 0.119 e. The Labute approximate surface area is 150 Å². The maximum atomic E-state index is 5.94. The van der Waals surface area contributed by atoms with Crippen LogP contribution in [-0.4, -0.2) is 18.1 Å². The molecule has 0 aromatic heterocycles. The van der Waals surface area contributed by atoms with Gasteiger partial charge in [-0.1, -0.05) is 43.2 Å². The zero-order chi connectivity index (χ0) is 17.1. The summed E-state index contributed by atoms with van der Waals surface area (Å²) in [7, 11) is 0. The SMILES string of the molecule is NCc1ccc(CN2CCc3cc(OCCC4CC4)ccc3C2)cc1. The van der Waals surface area contributed by atoms with E-state index in [2.05, 4.69) is 47.4 Å². The fourth-order valence-corrected chi connectivity index (χ4v) is 3.60. The molecule has 1 heterocycles. The highest BCUT2D eigenvalue weighted by atomic mass is 16.5. The summed E-state index contributed by atoms with van der Waals surface area (Å²) < 4.78 is 5.94. The highest BCUT2D eigenvalue weighted by Crippen LogP contribution is 2.32. The van der Waals surface area contributed by atoms with Crippen molar-refractivity contribution in [3.05, 3.63) is 64.7 Å². The number of fused-ring (bicyclic) bond motifs is 1. The topological polar surface area (TPSA) is 38.5 Å². The van der Waals surface area contributed by atoms with Crippen molar-refractivity contribution in [1.82, 2.24) is 4.90 Å². The van der Waals surface area contributed by atoms with Gasteiger partial charge in [0.05, 0.1) is 6.61 Å². The third kappa shape index (κ3) is 4.42.